The lowest BCUT2D eigenvalue weighted by atomic mass is 9.72. The van der Waals surface area contributed by atoms with Crippen molar-refractivity contribution >= 4 is 16.9 Å². The number of aromatic amines is 1. The summed E-state index contributed by atoms with van der Waals surface area (Å²) in [6.45, 7) is -2.71. The van der Waals surface area contributed by atoms with Gasteiger partial charge in [-0.25, -0.2) is 18.4 Å². The topological polar surface area (TPSA) is 83.9 Å². The first-order valence-electron chi connectivity index (χ1n) is 10.8. The van der Waals surface area contributed by atoms with E-state index in [0.717, 1.165) is 0 Å². The number of likely N-dealkylation sites (tertiary alicyclic amines) is 1. The summed E-state index contributed by atoms with van der Waals surface area (Å²) in [6.07, 6.45) is 1.71. The number of H-pyrrole nitrogens is 1. The van der Waals surface area contributed by atoms with E-state index < -0.39 is 54.2 Å². The Hall–Kier alpha value is -2.60. The third-order valence-corrected chi connectivity index (χ3v) is 7.08. The van der Waals surface area contributed by atoms with Crippen LogP contribution in [0.5, 0.6) is 0 Å². The van der Waals surface area contributed by atoms with Crippen molar-refractivity contribution < 1.29 is 31.1 Å². The van der Waals surface area contributed by atoms with E-state index in [1.165, 1.54) is 10.9 Å². The number of halogens is 6. The molecule has 5 rings (SSSR count). The van der Waals surface area contributed by atoms with Gasteiger partial charge >= 0.3 is 11.8 Å². The molecular weight excluding hydrogens is 456 g/mol. The number of hydrogen-bond donors (Lipinski definition) is 1. The molecule has 1 amide bonds. The van der Waals surface area contributed by atoms with E-state index in [1.54, 1.807) is 0 Å². The van der Waals surface area contributed by atoms with Gasteiger partial charge < -0.3 is 9.88 Å². The average Bonchev–Trinajstić information content (AvgIpc) is 3.19. The molecule has 3 heterocycles. The maximum Gasteiger partial charge on any atom is 0.329 e. The van der Waals surface area contributed by atoms with Gasteiger partial charge in [0.15, 0.2) is 5.65 Å². The molecule has 1 N–H and O–H groups in total. The first kappa shape index (κ1) is 22.2. The molecule has 7 nitrogen and oxygen atoms in total. The monoisotopic (exact) mass is 477 g/mol. The number of aromatic nitrogens is 4. The van der Waals surface area contributed by atoms with Gasteiger partial charge in [-0.2, -0.15) is 22.7 Å². The van der Waals surface area contributed by atoms with Crippen LogP contribution in [0.3, 0.4) is 0 Å². The first-order chi connectivity index (χ1) is 15.4. The lowest BCUT2D eigenvalue weighted by molar-refractivity contribution is -0.172. The molecule has 13 heteroatoms. The molecule has 1 aliphatic heterocycles. The molecule has 180 valence electrons. The van der Waals surface area contributed by atoms with E-state index >= 15 is 0 Å². The molecule has 0 radical (unpaired) electrons. The Morgan fingerprint density at radius 1 is 1.00 bits per heavy atom. The van der Waals surface area contributed by atoms with Gasteiger partial charge in [-0.1, -0.05) is 0 Å². The Balaban J connectivity index is 1.40. The second kappa shape index (κ2) is 7.20. The number of hydrogen-bond acceptors (Lipinski definition) is 4. The van der Waals surface area contributed by atoms with Crippen molar-refractivity contribution in [1.29, 1.82) is 0 Å². The van der Waals surface area contributed by atoms with Crippen LogP contribution in [-0.2, 0) is 4.79 Å². The molecule has 2 aliphatic carbocycles. The molecule has 3 fully saturated rings. The number of alkyl halides is 6. The Morgan fingerprint density at radius 2 is 1.64 bits per heavy atom. The van der Waals surface area contributed by atoms with Crippen molar-refractivity contribution in [3.8, 4) is 0 Å². The molecule has 2 aromatic heterocycles. The zero-order valence-electron chi connectivity index (χ0n) is 17.3. The minimum atomic E-state index is -4.29. The number of carbonyl (C=O) groups excluding carboxylic acids is 1. The van der Waals surface area contributed by atoms with Crippen molar-refractivity contribution in [1.82, 2.24) is 24.6 Å². The zero-order chi connectivity index (χ0) is 23.8. The summed E-state index contributed by atoms with van der Waals surface area (Å²) >= 11 is 0. The molecule has 0 aromatic carbocycles. The summed E-state index contributed by atoms with van der Waals surface area (Å²) in [5.41, 5.74) is -0.332. The Kier molecular flexibility index (Phi) is 4.84. The molecule has 0 spiro atoms. The molecule has 3 aliphatic rings. The molecule has 2 aromatic rings. The normalized spacial score (nSPS) is 28.7. The number of fused-ring (bicyclic) bond motifs is 1. The first-order valence-corrected chi connectivity index (χ1v) is 10.8. The Bertz CT molecular complexity index is 1140. The van der Waals surface area contributed by atoms with Gasteiger partial charge in [0, 0.05) is 24.7 Å². The van der Waals surface area contributed by atoms with Gasteiger partial charge in [0.05, 0.1) is 25.3 Å². The van der Waals surface area contributed by atoms with Crippen LogP contribution < -0.4 is 5.56 Å². The number of rotatable bonds is 3. The summed E-state index contributed by atoms with van der Waals surface area (Å²) in [4.78, 5) is 32.8. The van der Waals surface area contributed by atoms with Crippen LogP contribution >= 0.6 is 0 Å². The number of nitrogens with zero attached hydrogens (tertiary/aromatic N) is 4. The molecule has 1 saturated heterocycles. The van der Waals surface area contributed by atoms with Crippen molar-refractivity contribution in [3.05, 3.63) is 22.4 Å². The summed E-state index contributed by atoms with van der Waals surface area (Å²) in [5, 5.41) is 4.33. The van der Waals surface area contributed by atoms with Crippen molar-refractivity contribution in [3.63, 3.8) is 0 Å². The quantitative estimate of drug-likeness (QED) is 0.687. The van der Waals surface area contributed by atoms with Crippen LogP contribution in [0.25, 0.3) is 11.0 Å². The van der Waals surface area contributed by atoms with Crippen molar-refractivity contribution in [2.24, 2.45) is 5.92 Å². The van der Waals surface area contributed by atoms with Gasteiger partial charge in [0.1, 0.15) is 11.2 Å². The maximum absolute atomic E-state index is 13.5. The highest BCUT2D eigenvalue weighted by Crippen LogP contribution is 2.46. The smallest absolute Gasteiger partial charge is 0.329 e. The van der Waals surface area contributed by atoms with Gasteiger partial charge in [-0.15, -0.1) is 0 Å². The van der Waals surface area contributed by atoms with Crippen molar-refractivity contribution in [2.75, 3.05) is 13.1 Å². The number of nitrogens with one attached hydrogen (secondary N) is 1. The molecule has 0 bridgehead atoms. The third-order valence-electron chi connectivity index (χ3n) is 7.08. The van der Waals surface area contributed by atoms with E-state index in [0.29, 0.717) is 11.3 Å². The van der Waals surface area contributed by atoms with Crippen LogP contribution in [0.4, 0.5) is 26.3 Å². The maximum atomic E-state index is 13.5. The van der Waals surface area contributed by atoms with Crippen LogP contribution in [0.2, 0.25) is 0 Å². The van der Waals surface area contributed by atoms with Crippen LogP contribution in [0, 0.1) is 5.92 Å². The van der Waals surface area contributed by atoms with Gasteiger partial charge in [0.2, 0.25) is 11.8 Å². The third kappa shape index (κ3) is 3.59. The SMILES string of the molecule is O=C([C@H]1CC[C@@H]1c1nc2c(cnn2C2CCC(F)(F)CC2)c(=O)[nH]1)N1CC(F)(F)C(F)(F)C1. The predicted molar refractivity (Wildman–Crippen MR) is 103 cm³/mol. The highest BCUT2D eigenvalue weighted by molar-refractivity contribution is 5.81. The minimum absolute atomic E-state index is 0.137. The summed E-state index contributed by atoms with van der Waals surface area (Å²) < 4.78 is 82.7. The molecule has 33 heavy (non-hydrogen) atoms. The second-order valence-corrected chi connectivity index (χ2v) is 9.26. The molecule has 2 saturated carbocycles. The molecular formula is C20H21F6N5O2. The zero-order valence-corrected chi connectivity index (χ0v) is 17.3. The van der Waals surface area contributed by atoms with Crippen LogP contribution in [0.1, 0.15) is 56.3 Å². The van der Waals surface area contributed by atoms with Crippen LogP contribution in [-0.4, -0.2) is 61.4 Å². The number of amides is 1. The lowest BCUT2D eigenvalue weighted by Crippen LogP contribution is -2.43. The minimum Gasteiger partial charge on any atom is -0.330 e. The molecule has 2 atom stereocenters. The average molecular weight is 477 g/mol. The van der Waals surface area contributed by atoms with Crippen molar-refractivity contribution in [2.45, 2.75) is 68.3 Å². The standard InChI is InChI=1S/C20H21F6N5O2/c21-18(22)5-3-10(4-6-18)31-15-13(7-27-31)16(32)29-14(28-15)11-1-2-12(11)17(33)30-8-19(23,24)20(25,26)9-30/h7,10-12H,1-6,8-9H2,(H,28,29,32)/t11-,12-/m0/s1. The van der Waals surface area contributed by atoms with Gasteiger partial charge in [0.25, 0.3) is 5.56 Å². The van der Waals surface area contributed by atoms with Gasteiger partial charge in [-0.05, 0) is 25.7 Å². The second-order valence-electron chi connectivity index (χ2n) is 9.26. The summed E-state index contributed by atoms with van der Waals surface area (Å²) in [7, 11) is 0. The van der Waals surface area contributed by atoms with E-state index in [1.807, 2.05) is 0 Å². The lowest BCUT2D eigenvalue weighted by Gasteiger charge is -2.36. The van der Waals surface area contributed by atoms with E-state index in [4.69, 9.17) is 0 Å². The fraction of sp³-hybridized carbons (Fsp3) is 0.700. The van der Waals surface area contributed by atoms with E-state index in [2.05, 4.69) is 15.1 Å². The highest BCUT2D eigenvalue weighted by atomic mass is 19.3. The summed E-state index contributed by atoms with van der Waals surface area (Å²) in [5.74, 6) is -13.5. The fourth-order valence-electron chi connectivity index (χ4n) is 4.95. The van der Waals surface area contributed by atoms with Gasteiger partial charge in [-0.3, -0.25) is 9.59 Å². The Labute approximate surface area is 183 Å². The van der Waals surface area contributed by atoms with E-state index in [-0.39, 0.29) is 55.0 Å². The largest absolute Gasteiger partial charge is 0.330 e. The number of carbonyl (C=O) groups is 1. The van der Waals surface area contributed by atoms with E-state index in [9.17, 15) is 35.9 Å². The fourth-order valence-corrected chi connectivity index (χ4v) is 4.95. The predicted octanol–water partition coefficient (Wildman–Crippen LogP) is 3.48. The Morgan fingerprint density at radius 3 is 2.21 bits per heavy atom. The summed E-state index contributed by atoms with van der Waals surface area (Å²) in [6, 6.07) is -0.364. The highest BCUT2D eigenvalue weighted by Gasteiger charge is 2.64. The van der Waals surface area contributed by atoms with Crippen LogP contribution in [0.15, 0.2) is 11.0 Å². The molecule has 0 unspecified atom stereocenters.